The molecule has 0 N–H and O–H groups in total. The predicted octanol–water partition coefficient (Wildman–Crippen LogP) is 3.68. The lowest BCUT2D eigenvalue weighted by Crippen LogP contribution is -2.49. The number of rotatable bonds is 5. The van der Waals surface area contributed by atoms with E-state index in [-0.39, 0.29) is 0 Å². The number of thioether (sulfide) groups is 1. The molecule has 1 nitrogen and oxygen atoms in total. The van der Waals surface area contributed by atoms with Crippen molar-refractivity contribution in [2.45, 2.75) is 5.75 Å². The van der Waals surface area contributed by atoms with Gasteiger partial charge in [0.15, 0.2) is 0 Å². The maximum atomic E-state index is 5.47. The van der Waals surface area contributed by atoms with Crippen molar-refractivity contribution >= 4 is 11.8 Å². The molecule has 1 fully saturated rings. The highest BCUT2D eigenvalue weighted by Crippen LogP contribution is 2.42. The van der Waals surface area contributed by atoms with Crippen LogP contribution in [-0.4, -0.2) is 19.0 Å². The molecule has 1 saturated heterocycles. The van der Waals surface area contributed by atoms with Crippen LogP contribution < -0.4 is 0 Å². The van der Waals surface area contributed by atoms with Gasteiger partial charge in [0.1, 0.15) is 0 Å². The van der Waals surface area contributed by atoms with Crippen molar-refractivity contribution in [3.05, 3.63) is 60.2 Å². The van der Waals surface area contributed by atoms with Crippen LogP contribution in [-0.2, 0) is 10.5 Å². The Morgan fingerprint density at radius 3 is 2.44 bits per heavy atom. The third kappa shape index (κ3) is 2.40. The molecule has 1 aliphatic carbocycles. The molecule has 0 amide bonds. The summed E-state index contributed by atoms with van der Waals surface area (Å²) in [5.74, 6) is 2.86. The molecular formula is C16H18OS. The van der Waals surface area contributed by atoms with Gasteiger partial charge in [0.05, 0.1) is 13.2 Å². The minimum atomic E-state index is 0.350. The van der Waals surface area contributed by atoms with Crippen molar-refractivity contribution in [2.75, 3.05) is 19.0 Å². The fraction of sp³-hybridized carbons (Fsp3) is 0.375. The first-order chi connectivity index (χ1) is 8.89. The average molecular weight is 258 g/mol. The van der Waals surface area contributed by atoms with E-state index in [4.69, 9.17) is 4.74 Å². The molecule has 2 heteroatoms. The first-order valence-corrected chi connectivity index (χ1v) is 7.59. The molecule has 0 bridgehead atoms. The fourth-order valence-electron chi connectivity index (χ4n) is 2.52. The fourth-order valence-corrected chi connectivity index (χ4v) is 3.82. The molecule has 94 valence electrons. The Hall–Kier alpha value is -0.990. The SMILES string of the molecule is C1=CC(C2(CSCc3ccccc3)COC2)C=C1. The highest BCUT2D eigenvalue weighted by molar-refractivity contribution is 7.98. The van der Waals surface area contributed by atoms with Gasteiger partial charge in [0.2, 0.25) is 0 Å². The Morgan fingerprint density at radius 2 is 1.83 bits per heavy atom. The number of benzene rings is 1. The van der Waals surface area contributed by atoms with Gasteiger partial charge in [-0.3, -0.25) is 0 Å². The van der Waals surface area contributed by atoms with E-state index in [1.165, 1.54) is 11.3 Å². The first-order valence-electron chi connectivity index (χ1n) is 6.43. The van der Waals surface area contributed by atoms with E-state index < -0.39 is 0 Å². The summed E-state index contributed by atoms with van der Waals surface area (Å²) in [7, 11) is 0. The maximum absolute atomic E-state index is 5.47. The topological polar surface area (TPSA) is 9.23 Å². The standard InChI is InChI=1S/C16H18OS/c1-2-6-14(7-3-1)10-18-13-16(11-17-12-16)15-8-4-5-9-15/h1-9,15H,10-13H2. The van der Waals surface area contributed by atoms with E-state index in [1.54, 1.807) is 0 Å². The molecule has 1 aliphatic heterocycles. The van der Waals surface area contributed by atoms with Gasteiger partial charge in [-0.25, -0.2) is 0 Å². The van der Waals surface area contributed by atoms with Gasteiger partial charge in [-0.15, -0.1) is 0 Å². The Labute approximate surface area is 113 Å². The zero-order valence-electron chi connectivity index (χ0n) is 10.4. The number of allylic oxidation sites excluding steroid dienone is 4. The van der Waals surface area contributed by atoms with Crippen LogP contribution in [0.1, 0.15) is 5.56 Å². The molecule has 0 radical (unpaired) electrons. The van der Waals surface area contributed by atoms with Gasteiger partial charge >= 0.3 is 0 Å². The largest absolute Gasteiger partial charge is 0.380 e. The summed E-state index contributed by atoms with van der Waals surface area (Å²) < 4.78 is 5.47. The predicted molar refractivity (Wildman–Crippen MR) is 77.6 cm³/mol. The lowest BCUT2D eigenvalue weighted by Gasteiger charge is -2.44. The summed E-state index contributed by atoms with van der Waals surface area (Å²) in [6, 6.07) is 10.7. The summed E-state index contributed by atoms with van der Waals surface area (Å²) >= 11 is 2.03. The summed E-state index contributed by atoms with van der Waals surface area (Å²) in [4.78, 5) is 0. The molecule has 0 saturated carbocycles. The Morgan fingerprint density at radius 1 is 1.11 bits per heavy atom. The second-order valence-corrected chi connectivity index (χ2v) is 6.11. The average Bonchev–Trinajstić information content (AvgIpc) is 2.88. The molecule has 0 atom stereocenters. The number of ether oxygens (including phenoxy) is 1. The highest BCUT2D eigenvalue weighted by Gasteiger charge is 2.43. The molecule has 0 unspecified atom stereocenters. The van der Waals surface area contributed by atoms with Crippen molar-refractivity contribution in [3.63, 3.8) is 0 Å². The monoisotopic (exact) mass is 258 g/mol. The third-order valence-corrected chi connectivity index (χ3v) is 5.05. The van der Waals surface area contributed by atoms with Gasteiger partial charge in [-0.2, -0.15) is 11.8 Å². The Bertz CT molecular complexity index is 433. The normalized spacial score (nSPS) is 21.1. The number of hydrogen-bond acceptors (Lipinski definition) is 2. The van der Waals surface area contributed by atoms with Crippen LogP contribution in [0.15, 0.2) is 54.6 Å². The molecule has 1 aromatic rings. The van der Waals surface area contributed by atoms with E-state index >= 15 is 0 Å². The molecule has 1 aromatic carbocycles. The third-order valence-electron chi connectivity index (χ3n) is 3.74. The van der Waals surface area contributed by atoms with Gasteiger partial charge < -0.3 is 4.74 Å². The van der Waals surface area contributed by atoms with Crippen LogP contribution in [0.3, 0.4) is 0 Å². The first kappa shape index (κ1) is 12.1. The maximum Gasteiger partial charge on any atom is 0.0561 e. The van der Waals surface area contributed by atoms with E-state index in [0.717, 1.165) is 19.0 Å². The van der Waals surface area contributed by atoms with Gasteiger partial charge in [-0.1, -0.05) is 54.6 Å². The highest BCUT2D eigenvalue weighted by atomic mass is 32.2. The van der Waals surface area contributed by atoms with Crippen molar-refractivity contribution in [2.24, 2.45) is 11.3 Å². The van der Waals surface area contributed by atoms with Crippen LogP contribution in [0, 0.1) is 11.3 Å². The summed E-state index contributed by atoms with van der Waals surface area (Å²) in [6.07, 6.45) is 8.94. The molecule has 0 spiro atoms. The van der Waals surface area contributed by atoms with E-state index in [1.807, 2.05) is 11.8 Å². The van der Waals surface area contributed by atoms with Gasteiger partial charge in [0.25, 0.3) is 0 Å². The number of hydrogen-bond donors (Lipinski definition) is 0. The smallest absolute Gasteiger partial charge is 0.0561 e. The van der Waals surface area contributed by atoms with Crippen LogP contribution in [0.5, 0.6) is 0 Å². The second-order valence-electron chi connectivity index (χ2n) is 5.13. The van der Waals surface area contributed by atoms with Crippen LogP contribution in [0.4, 0.5) is 0 Å². The van der Waals surface area contributed by atoms with E-state index in [0.29, 0.717) is 11.3 Å². The zero-order chi connectivity index (χ0) is 12.3. The molecular weight excluding hydrogens is 240 g/mol. The van der Waals surface area contributed by atoms with Crippen molar-refractivity contribution in [3.8, 4) is 0 Å². The van der Waals surface area contributed by atoms with Crippen molar-refractivity contribution < 1.29 is 4.74 Å². The molecule has 18 heavy (non-hydrogen) atoms. The lowest BCUT2D eigenvalue weighted by molar-refractivity contribution is -0.111. The molecule has 2 aliphatic rings. The van der Waals surface area contributed by atoms with Crippen LogP contribution in [0.25, 0.3) is 0 Å². The summed E-state index contributed by atoms with van der Waals surface area (Å²) in [5, 5.41) is 0. The van der Waals surface area contributed by atoms with Crippen LogP contribution in [0.2, 0.25) is 0 Å². The minimum Gasteiger partial charge on any atom is -0.380 e. The Kier molecular flexibility index (Phi) is 3.57. The molecule has 3 rings (SSSR count). The Balaban J connectivity index is 1.55. The van der Waals surface area contributed by atoms with E-state index in [2.05, 4.69) is 54.6 Å². The van der Waals surface area contributed by atoms with Gasteiger partial charge in [-0.05, 0) is 5.56 Å². The lowest BCUT2D eigenvalue weighted by atomic mass is 9.76. The second kappa shape index (κ2) is 5.33. The van der Waals surface area contributed by atoms with Crippen LogP contribution >= 0.6 is 11.8 Å². The van der Waals surface area contributed by atoms with Gasteiger partial charge in [0, 0.05) is 22.8 Å². The van der Waals surface area contributed by atoms with Crippen molar-refractivity contribution in [1.82, 2.24) is 0 Å². The quantitative estimate of drug-likeness (QED) is 0.797. The molecule has 1 heterocycles. The minimum absolute atomic E-state index is 0.350. The van der Waals surface area contributed by atoms with Crippen molar-refractivity contribution in [1.29, 1.82) is 0 Å². The summed E-state index contributed by atoms with van der Waals surface area (Å²) in [5.41, 5.74) is 1.76. The van der Waals surface area contributed by atoms with E-state index in [9.17, 15) is 0 Å². The zero-order valence-corrected chi connectivity index (χ0v) is 11.2. The molecule has 0 aromatic heterocycles. The summed E-state index contributed by atoms with van der Waals surface area (Å²) in [6.45, 7) is 1.82.